The number of hydrogen-bond donors (Lipinski definition) is 3. The number of nitriles is 1. The molecule has 27 heavy (non-hydrogen) atoms. The molecule has 0 bridgehead atoms. The van der Waals surface area contributed by atoms with E-state index in [2.05, 4.69) is 5.10 Å². The molecular formula is C16H18ClFN4O4S. The second-order valence-corrected chi connectivity index (χ2v) is 7.75. The van der Waals surface area contributed by atoms with E-state index >= 15 is 0 Å². The topological polar surface area (TPSA) is 123 Å². The lowest BCUT2D eigenvalue weighted by Gasteiger charge is -2.20. The van der Waals surface area contributed by atoms with Gasteiger partial charge in [-0.15, -0.1) is 0 Å². The summed E-state index contributed by atoms with van der Waals surface area (Å²) in [4.78, 5) is 0. The molecular weight excluding hydrogens is 399 g/mol. The number of aromatic nitrogens is 2. The van der Waals surface area contributed by atoms with Gasteiger partial charge >= 0.3 is 0 Å². The van der Waals surface area contributed by atoms with E-state index in [1.54, 1.807) is 17.4 Å². The molecule has 2 aromatic rings. The van der Waals surface area contributed by atoms with Crippen LogP contribution in [-0.4, -0.2) is 58.9 Å². The number of benzene rings is 1. The molecule has 1 aromatic heterocycles. The molecule has 2 heterocycles. The van der Waals surface area contributed by atoms with Crippen molar-refractivity contribution in [3.8, 4) is 11.8 Å². The summed E-state index contributed by atoms with van der Waals surface area (Å²) in [5.74, 6) is -0.862. The first kappa shape index (κ1) is 21.3. The number of aliphatic hydroxyl groups excluding tert-OH is 1. The molecule has 0 radical (unpaired) electrons. The van der Waals surface area contributed by atoms with Gasteiger partial charge in [-0.05, 0) is 18.6 Å². The Labute approximate surface area is 162 Å². The lowest BCUT2D eigenvalue weighted by Crippen LogP contribution is -2.37. The Kier molecular flexibility index (Phi) is 6.91. The number of aryl methyl sites for hydroxylation is 1. The number of halogens is 2. The van der Waals surface area contributed by atoms with Crippen LogP contribution in [0.2, 0.25) is 5.02 Å². The maximum absolute atomic E-state index is 12.5. The third-order valence-electron chi connectivity index (χ3n) is 3.91. The third kappa shape index (κ3) is 5.03. The van der Waals surface area contributed by atoms with Crippen LogP contribution in [0.5, 0.6) is 5.75 Å². The molecule has 1 aromatic carbocycles. The molecule has 0 spiro atoms. The van der Waals surface area contributed by atoms with Crippen molar-refractivity contribution < 1.29 is 23.9 Å². The summed E-state index contributed by atoms with van der Waals surface area (Å²) >= 11 is 5.91. The zero-order valence-corrected chi connectivity index (χ0v) is 15.9. The SMILES string of the molecule is Cn1ncc(Cl)c1S(=O)N1CCC(O)(CO)C1.N#Cc1ccc(O)cc1F. The molecule has 3 rings (SSSR count). The summed E-state index contributed by atoms with van der Waals surface area (Å²) in [5.41, 5.74) is -1.22. The summed E-state index contributed by atoms with van der Waals surface area (Å²) in [6.45, 7) is 0.280. The molecule has 0 saturated carbocycles. The van der Waals surface area contributed by atoms with Crippen molar-refractivity contribution in [2.75, 3.05) is 19.7 Å². The van der Waals surface area contributed by atoms with Crippen LogP contribution in [0.1, 0.15) is 12.0 Å². The largest absolute Gasteiger partial charge is 0.508 e. The van der Waals surface area contributed by atoms with E-state index in [-0.39, 0.29) is 24.5 Å². The van der Waals surface area contributed by atoms with Gasteiger partial charge in [0.1, 0.15) is 34.2 Å². The van der Waals surface area contributed by atoms with Crippen molar-refractivity contribution in [2.24, 2.45) is 7.05 Å². The minimum absolute atomic E-state index is 0.0576. The van der Waals surface area contributed by atoms with Gasteiger partial charge in [-0.3, -0.25) is 4.68 Å². The van der Waals surface area contributed by atoms with Crippen LogP contribution >= 0.6 is 11.6 Å². The maximum Gasteiger partial charge on any atom is 0.159 e. The molecule has 1 aliphatic rings. The molecule has 8 nitrogen and oxygen atoms in total. The maximum atomic E-state index is 12.5. The van der Waals surface area contributed by atoms with Crippen LogP contribution in [0.3, 0.4) is 0 Å². The lowest BCUT2D eigenvalue weighted by molar-refractivity contribution is -0.000518. The molecule has 1 saturated heterocycles. The van der Waals surface area contributed by atoms with Crippen molar-refractivity contribution in [3.63, 3.8) is 0 Å². The highest BCUT2D eigenvalue weighted by atomic mass is 35.5. The monoisotopic (exact) mass is 416 g/mol. The zero-order valence-electron chi connectivity index (χ0n) is 14.3. The van der Waals surface area contributed by atoms with E-state index in [4.69, 9.17) is 27.1 Å². The fraction of sp³-hybridized carbons (Fsp3) is 0.375. The molecule has 0 aliphatic carbocycles. The van der Waals surface area contributed by atoms with Crippen LogP contribution in [-0.2, 0) is 18.0 Å². The minimum Gasteiger partial charge on any atom is -0.508 e. The Morgan fingerprint density at radius 2 is 2.22 bits per heavy atom. The van der Waals surface area contributed by atoms with Gasteiger partial charge in [0.25, 0.3) is 0 Å². The summed E-state index contributed by atoms with van der Waals surface area (Å²) in [6.07, 6.45) is 1.83. The number of aliphatic hydroxyl groups is 2. The Morgan fingerprint density at radius 1 is 1.52 bits per heavy atom. The predicted molar refractivity (Wildman–Crippen MR) is 95.6 cm³/mol. The number of aromatic hydroxyl groups is 1. The highest BCUT2D eigenvalue weighted by Gasteiger charge is 2.39. The van der Waals surface area contributed by atoms with Gasteiger partial charge in [-0.1, -0.05) is 11.6 Å². The van der Waals surface area contributed by atoms with Crippen molar-refractivity contribution in [2.45, 2.75) is 17.0 Å². The van der Waals surface area contributed by atoms with E-state index in [0.29, 0.717) is 23.0 Å². The van der Waals surface area contributed by atoms with Gasteiger partial charge in [0.2, 0.25) is 0 Å². The van der Waals surface area contributed by atoms with Crippen LogP contribution in [0.25, 0.3) is 0 Å². The Morgan fingerprint density at radius 3 is 2.70 bits per heavy atom. The molecule has 146 valence electrons. The summed E-state index contributed by atoms with van der Waals surface area (Å²) < 4.78 is 27.8. The first-order chi connectivity index (χ1) is 12.7. The van der Waals surface area contributed by atoms with E-state index in [1.165, 1.54) is 23.0 Å². The van der Waals surface area contributed by atoms with E-state index in [9.17, 15) is 13.7 Å². The summed E-state index contributed by atoms with van der Waals surface area (Å²) in [7, 11) is 0.192. The number of nitrogens with zero attached hydrogens (tertiary/aromatic N) is 4. The smallest absolute Gasteiger partial charge is 0.159 e. The van der Waals surface area contributed by atoms with Gasteiger partial charge in [0, 0.05) is 26.2 Å². The number of phenolic OH excluding ortho intramolecular Hbond substituents is 1. The third-order valence-corrected chi connectivity index (χ3v) is 5.89. The second-order valence-electron chi connectivity index (χ2n) is 5.94. The lowest BCUT2D eigenvalue weighted by atomic mass is 10.1. The van der Waals surface area contributed by atoms with Crippen LogP contribution in [0, 0.1) is 17.1 Å². The van der Waals surface area contributed by atoms with Crippen molar-refractivity contribution in [1.29, 1.82) is 5.26 Å². The van der Waals surface area contributed by atoms with Gasteiger partial charge in [-0.2, -0.15) is 10.4 Å². The summed E-state index contributed by atoms with van der Waals surface area (Å²) in [6, 6.07) is 5.03. The zero-order chi connectivity index (χ0) is 20.2. The standard InChI is InChI=1S/C9H14ClN3O3S.C7H4FNO/c1-12-8(7(10)4-11-12)17(16)13-3-2-9(15,5-13)6-14;8-7-3-6(10)2-1-5(7)4-9/h4,14-15H,2-3,5-6H2,1H3;1-3,10H. The average Bonchev–Trinajstić information content (AvgIpc) is 3.18. The number of phenols is 1. The highest BCUT2D eigenvalue weighted by molar-refractivity contribution is 7.82. The second kappa shape index (κ2) is 8.77. The van der Waals surface area contributed by atoms with E-state index < -0.39 is 22.4 Å². The van der Waals surface area contributed by atoms with Crippen LogP contribution < -0.4 is 0 Å². The Bertz CT molecular complexity index is 868. The van der Waals surface area contributed by atoms with Gasteiger partial charge in [0.05, 0.1) is 23.4 Å². The Hall–Kier alpha value is -2.03. The molecule has 2 unspecified atom stereocenters. The van der Waals surface area contributed by atoms with Crippen molar-refractivity contribution in [1.82, 2.24) is 14.1 Å². The number of rotatable bonds is 3. The molecule has 11 heteroatoms. The highest BCUT2D eigenvalue weighted by Crippen LogP contribution is 2.27. The van der Waals surface area contributed by atoms with Gasteiger partial charge in [0.15, 0.2) is 5.03 Å². The van der Waals surface area contributed by atoms with E-state index in [0.717, 1.165) is 6.07 Å². The van der Waals surface area contributed by atoms with Crippen molar-refractivity contribution >= 4 is 22.6 Å². The van der Waals surface area contributed by atoms with Crippen LogP contribution in [0.15, 0.2) is 29.4 Å². The first-order valence-electron chi connectivity index (χ1n) is 7.77. The number of hydrogen-bond acceptors (Lipinski definition) is 6. The molecule has 2 atom stereocenters. The summed E-state index contributed by atoms with van der Waals surface area (Å²) in [5, 5.41) is 40.5. The molecule has 1 aliphatic heterocycles. The predicted octanol–water partition coefficient (Wildman–Crippen LogP) is 0.928. The quantitative estimate of drug-likeness (QED) is 0.684. The molecule has 3 N–H and O–H groups in total. The molecule has 0 amide bonds. The first-order valence-corrected chi connectivity index (χ1v) is 9.25. The van der Waals surface area contributed by atoms with E-state index in [1.807, 2.05) is 0 Å². The average molecular weight is 417 g/mol. The van der Waals surface area contributed by atoms with Crippen molar-refractivity contribution in [3.05, 3.63) is 40.8 Å². The minimum atomic E-state index is -1.47. The van der Waals surface area contributed by atoms with Crippen LogP contribution in [0.4, 0.5) is 4.39 Å². The van der Waals surface area contributed by atoms with Gasteiger partial charge in [-0.25, -0.2) is 12.9 Å². The number of β-amino-alcohol motifs (C(OH)–C–C–N with tert-alkyl or cyclic N) is 1. The normalized spacial score (nSPS) is 20.6. The Balaban J connectivity index is 0.000000223. The van der Waals surface area contributed by atoms with Gasteiger partial charge < -0.3 is 15.3 Å². The fourth-order valence-electron chi connectivity index (χ4n) is 2.40. The fourth-order valence-corrected chi connectivity index (χ4v) is 4.12. The molecule has 1 fully saturated rings.